The van der Waals surface area contributed by atoms with E-state index in [-0.39, 0.29) is 36.6 Å². The van der Waals surface area contributed by atoms with E-state index in [1.807, 2.05) is 21.9 Å². The summed E-state index contributed by atoms with van der Waals surface area (Å²) in [6, 6.07) is 10.8. The fourth-order valence-corrected chi connectivity index (χ4v) is 4.36. The molecule has 31 heavy (non-hydrogen) atoms. The number of benzene rings is 1. The molecule has 0 bridgehead atoms. The smallest absolute Gasteiger partial charge is 0.320 e. The van der Waals surface area contributed by atoms with Crippen LogP contribution in [0.2, 0.25) is 5.02 Å². The number of morpholine rings is 1. The summed E-state index contributed by atoms with van der Waals surface area (Å²) in [5, 5.41) is 3.59. The van der Waals surface area contributed by atoms with Crippen LogP contribution >= 0.6 is 11.6 Å². The molecule has 3 saturated heterocycles. The van der Waals surface area contributed by atoms with E-state index in [1.54, 1.807) is 30.5 Å². The zero-order valence-corrected chi connectivity index (χ0v) is 17.6. The van der Waals surface area contributed by atoms with E-state index in [1.165, 1.54) is 0 Å². The van der Waals surface area contributed by atoms with Crippen LogP contribution in [0.4, 0.5) is 4.79 Å². The Labute approximate surface area is 185 Å². The van der Waals surface area contributed by atoms with Crippen molar-refractivity contribution in [3.63, 3.8) is 0 Å². The number of pyridine rings is 1. The van der Waals surface area contributed by atoms with E-state index in [0.29, 0.717) is 42.8 Å². The van der Waals surface area contributed by atoms with Gasteiger partial charge < -0.3 is 24.6 Å². The molecular weight excluding hydrogens is 420 g/mol. The maximum absolute atomic E-state index is 12.8. The predicted octanol–water partition coefficient (Wildman–Crippen LogP) is 2.64. The van der Waals surface area contributed by atoms with Gasteiger partial charge in [-0.3, -0.25) is 4.79 Å². The van der Waals surface area contributed by atoms with Crippen LogP contribution < -0.4 is 10.1 Å². The van der Waals surface area contributed by atoms with Crippen molar-refractivity contribution in [3.8, 4) is 11.6 Å². The minimum atomic E-state index is -0.117. The fraction of sp³-hybridized carbons (Fsp3) is 0.409. The molecule has 2 aromatic rings. The molecule has 0 spiro atoms. The highest BCUT2D eigenvalue weighted by Gasteiger charge is 2.40. The molecule has 3 aliphatic heterocycles. The third-order valence-corrected chi connectivity index (χ3v) is 6.27. The molecule has 3 fully saturated rings. The molecule has 1 N–H and O–H groups in total. The third-order valence-electron chi connectivity index (χ3n) is 6.01. The Morgan fingerprint density at radius 2 is 1.94 bits per heavy atom. The Morgan fingerprint density at radius 1 is 1.13 bits per heavy atom. The lowest BCUT2D eigenvalue weighted by Crippen LogP contribution is -2.63. The zero-order chi connectivity index (χ0) is 21.4. The van der Waals surface area contributed by atoms with E-state index in [9.17, 15) is 9.59 Å². The van der Waals surface area contributed by atoms with Crippen molar-refractivity contribution < 1.29 is 19.1 Å². The van der Waals surface area contributed by atoms with E-state index >= 15 is 0 Å². The molecule has 3 aliphatic rings. The summed E-state index contributed by atoms with van der Waals surface area (Å²) in [6.07, 6.45) is 2.55. The summed E-state index contributed by atoms with van der Waals surface area (Å²) in [6.45, 7) is 2.57. The second kappa shape index (κ2) is 8.36. The average molecular weight is 443 g/mol. The van der Waals surface area contributed by atoms with Gasteiger partial charge >= 0.3 is 6.03 Å². The summed E-state index contributed by atoms with van der Waals surface area (Å²) in [5.41, 5.74) is 1.08. The van der Waals surface area contributed by atoms with E-state index in [2.05, 4.69) is 10.3 Å². The molecule has 1 aromatic heterocycles. The van der Waals surface area contributed by atoms with E-state index < -0.39 is 0 Å². The predicted molar refractivity (Wildman–Crippen MR) is 113 cm³/mol. The number of likely N-dealkylation sites (tertiary alicyclic amines) is 2. The number of carbonyl (C=O) groups excluding carboxylic acids is 2. The van der Waals surface area contributed by atoms with Gasteiger partial charge in [-0.2, -0.15) is 0 Å². The monoisotopic (exact) mass is 442 g/mol. The molecule has 1 aromatic carbocycles. The third kappa shape index (κ3) is 4.31. The van der Waals surface area contributed by atoms with Crippen LogP contribution in [0, 0.1) is 0 Å². The van der Waals surface area contributed by atoms with Gasteiger partial charge in [0, 0.05) is 49.4 Å². The highest BCUT2D eigenvalue weighted by Crippen LogP contribution is 2.30. The topological polar surface area (TPSA) is 84.0 Å². The summed E-state index contributed by atoms with van der Waals surface area (Å²) in [4.78, 5) is 32.5. The Balaban J connectivity index is 1.13. The number of aromatic nitrogens is 1. The van der Waals surface area contributed by atoms with Crippen LogP contribution in [0.25, 0.3) is 0 Å². The number of carbonyl (C=O) groups is 2. The lowest BCUT2D eigenvalue weighted by Gasteiger charge is -2.46. The van der Waals surface area contributed by atoms with Crippen molar-refractivity contribution in [2.24, 2.45) is 0 Å². The molecule has 3 amide bonds. The Hall–Kier alpha value is -2.84. The number of hydrogen-bond acceptors (Lipinski definition) is 5. The van der Waals surface area contributed by atoms with Crippen molar-refractivity contribution in [1.82, 2.24) is 20.1 Å². The van der Waals surface area contributed by atoms with Gasteiger partial charge in [0.1, 0.15) is 12.4 Å². The van der Waals surface area contributed by atoms with E-state index in [0.717, 1.165) is 12.0 Å². The lowest BCUT2D eigenvalue weighted by molar-refractivity contribution is -0.139. The maximum atomic E-state index is 12.8. The molecule has 162 valence electrons. The molecule has 0 aliphatic carbocycles. The second-order valence-corrected chi connectivity index (χ2v) is 8.56. The molecule has 8 nitrogen and oxygen atoms in total. The van der Waals surface area contributed by atoms with Gasteiger partial charge in [0.15, 0.2) is 0 Å². The number of nitrogens with zero attached hydrogens (tertiary/aromatic N) is 3. The first-order chi connectivity index (χ1) is 15.0. The number of piperidine rings is 1. The van der Waals surface area contributed by atoms with Crippen molar-refractivity contribution in [1.29, 1.82) is 0 Å². The van der Waals surface area contributed by atoms with E-state index in [4.69, 9.17) is 21.1 Å². The van der Waals surface area contributed by atoms with Crippen LogP contribution in [0.15, 0.2) is 42.6 Å². The molecule has 2 atom stereocenters. The number of amides is 3. The number of halogens is 1. The molecular formula is C22H23ClN4O4. The summed E-state index contributed by atoms with van der Waals surface area (Å²) >= 11 is 5.89. The first-order valence-corrected chi connectivity index (χ1v) is 10.8. The van der Waals surface area contributed by atoms with Crippen LogP contribution in [0.1, 0.15) is 17.9 Å². The second-order valence-electron chi connectivity index (χ2n) is 8.13. The molecule has 5 rings (SSSR count). The normalized spacial score (nSPS) is 23.6. The molecule has 0 unspecified atom stereocenters. The average Bonchev–Trinajstić information content (AvgIpc) is 2.75. The minimum absolute atomic E-state index is 0.00516. The highest BCUT2D eigenvalue weighted by atomic mass is 35.5. The molecule has 0 radical (unpaired) electrons. The number of nitrogens with one attached hydrogen (secondary N) is 1. The Kier molecular flexibility index (Phi) is 5.41. The van der Waals surface area contributed by atoms with Gasteiger partial charge in [0.25, 0.3) is 0 Å². The number of urea groups is 1. The molecule has 9 heteroatoms. The van der Waals surface area contributed by atoms with Gasteiger partial charge in [-0.1, -0.05) is 17.7 Å². The van der Waals surface area contributed by atoms with Crippen LogP contribution in [-0.4, -0.2) is 71.7 Å². The summed E-state index contributed by atoms with van der Waals surface area (Å²) in [5.74, 6) is 1.33. The maximum Gasteiger partial charge on any atom is 0.320 e. The standard InChI is InChI=1S/C22H23ClN4O4/c23-16-2-4-17(5-3-16)31-21-6-1-14(9-24-21)15-10-27(11-15)22(29)26-8-7-19-18(12-26)25-20(28)13-30-19/h1-6,9,15,18-19H,7-8,10-13H2,(H,25,28)/t18-,19+/m1/s1. The van der Waals surface area contributed by atoms with Crippen LogP contribution in [0.5, 0.6) is 11.6 Å². The minimum Gasteiger partial charge on any atom is -0.439 e. The first kappa shape index (κ1) is 20.1. The summed E-state index contributed by atoms with van der Waals surface area (Å²) < 4.78 is 11.3. The SMILES string of the molecule is O=C1CO[C@H]2CCN(C(=O)N3CC(c4ccc(Oc5ccc(Cl)cc5)nc4)C3)C[C@H]2N1. The quantitative estimate of drug-likeness (QED) is 0.790. The number of hydrogen-bond donors (Lipinski definition) is 1. The van der Waals surface area contributed by atoms with Crippen molar-refractivity contribution in [3.05, 3.63) is 53.2 Å². The van der Waals surface area contributed by atoms with Crippen molar-refractivity contribution >= 4 is 23.5 Å². The van der Waals surface area contributed by atoms with Gasteiger partial charge in [-0.25, -0.2) is 9.78 Å². The Bertz CT molecular complexity index is 962. The van der Waals surface area contributed by atoms with Gasteiger partial charge in [0.05, 0.1) is 12.1 Å². The zero-order valence-electron chi connectivity index (χ0n) is 16.9. The molecule has 0 saturated carbocycles. The number of fused-ring (bicyclic) bond motifs is 1. The molecule has 4 heterocycles. The van der Waals surface area contributed by atoms with Gasteiger partial charge in [-0.05, 0) is 36.2 Å². The number of ether oxygens (including phenoxy) is 2. The Morgan fingerprint density at radius 3 is 2.68 bits per heavy atom. The van der Waals surface area contributed by atoms with Crippen LogP contribution in [0.3, 0.4) is 0 Å². The fourth-order valence-electron chi connectivity index (χ4n) is 4.24. The summed E-state index contributed by atoms with van der Waals surface area (Å²) in [7, 11) is 0. The first-order valence-electron chi connectivity index (χ1n) is 10.4. The lowest BCUT2D eigenvalue weighted by atomic mass is 9.93. The largest absolute Gasteiger partial charge is 0.439 e. The van der Waals surface area contributed by atoms with Gasteiger partial charge in [-0.15, -0.1) is 0 Å². The highest BCUT2D eigenvalue weighted by molar-refractivity contribution is 6.30. The number of rotatable bonds is 3. The van der Waals surface area contributed by atoms with Gasteiger partial charge in [0.2, 0.25) is 11.8 Å². The van der Waals surface area contributed by atoms with Crippen molar-refractivity contribution in [2.75, 3.05) is 32.8 Å². The van der Waals surface area contributed by atoms with Crippen LogP contribution in [-0.2, 0) is 9.53 Å². The van der Waals surface area contributed by atoms with Crippen molar-refractivity contribution in [2.45, 2.75) is 24.5 Å².